The van der Waals surface area contributed by atoms with Crippen molar-refractivity contribution < 1.29 is 4.74 Å². The van der Waals surface area contributed by atoms with Crippen molar-refractivity contribution in [3.05, 3.63) is 59.8 Å². The van der Waals surface area contributed by atoms with Crippen LogP contribution in [0, 0.1) is 6.92 Å². The van der Waals surface area contributed by atoms with E-state index in [0.29, 0.717) is 5.88 Å². The molecule has 22 heavy (non-hydrogen) atoms. The SMILES string of the molecule is COc1cccc2c(Nc3ccccc3C)cc(CCl)nc12. The van der Waals surface area contributed by atoms with Gasteiger partial charge in [0.25, 0.3) is 0 Å². The monoisotopic (exact) mass is 312 g/mol. The Hall–Kier alpha value is -2.26. The number of pyridine rings is 1. The van der Waals surface area contributed by atoms with Crippen molar-refractivity contribution in [2.24, 2.45) is 0 Å². The van der Waals surface area contributed by atoms with Crippen LogP contribution in [-0.4, -0.2) is 12.1 Å². The molecule has 0 spiro atoms. The van der Waals surface area contributed by atoms with E-state index in [1.165, 1.54) is 5.56 Å². The van der Waals surface area contributed by atoms with Crippen LogP contribution in [0.1, 0.15) is 11.3 Å². The number of para-hydroxylation sites is 2. The summed E-state index contributed by atoms with van der Waals surface area (Å²) >= 11 is 6.00. The Morgan fingerprint density at radius 3 is 2.64 bits per heavy atom. The van der Waals surface area contributed by atoms with Gasteiger partial charge in [-0.3, -0.25) is 0 Å². The maximum absolute atomic E-state index is 6.00. The van der Waals surface area contributed by atoms with Crippen molar-refractivity contribution >= 4 is 33.9 Å². The molecule has 3 aromatic rings. The fraction of sp³-hybridized carbons (Fsp3) is 0.167. The second-order valence-electron chi connectivity index (χ2n) is 5.09. The molecule has 0 aliphatic carbocycles. The number of hydrogen-bond donors (Lipinski definition) is 1. The van der Waals surface area contributed by atoms with Crippen LogP contribution in [0.15, 0.2) is 48.5 Å². The number of rotatable bonds is 4. The first-order valence-electron chi connectivity index (χ1n) is 7.08. The number of halogens is 1. The number of hydrogen-bond acceptors (Lipinski definition) is 3. The van der Waals surface area contributed by atoms with E-state index in [0.717, 1.165) is 33.7 Å². The van der Waals surface area contributed by atoms with E-state index in [1.54, 1.807) is 7.11 Å². The predicted molar refractivity (Wildman–Crippen MR) is 92.3 cm³/mol. The maximum Gasteiger partial charge on any atom is 0.145 e. The second-order valence-corrected chi connectivity index (χ2v) is 5.36. The number of nitrogens with one attached hydrogen (secondary N) is 1. The Bertz CT molecular complexity index is 817. The lowest BCUT2D eigenvalue weighted by molar-refractivity contribution is 0.419. The van der Waals surface area contributed by atoms with Crippen LogP contribution in [-0.2, 0) is 5.88 Å². The predicted octanol–water partition coefficient (Wildman–Crippen LogP) is 5.03. The zero-order valence-electron chi connectivity index (χ0n) is 12.6. The van der Waals surface area contributed by atoms with Crippen molar-refractivity contribution in [1.29, 1.82) is 0 Å². The van der Waals surface area contributed by atoms with Gasteiger partial charge in [0.05, 0.1) is 18.7 Å². The molecule has 0 amide bonds. The summed E-state index contributed by atoms with van der Waals surface area (Å²) in [5, 5.41) is 4.50. The summed E-state index contributed by atoms with van der Waals surface area (Å²) in [6.07, 6.45) is 0. The highest BCUT2D eigenvalue weighted by atomic mass is 35.5. The third-order valence-corrected chi connectivity index (χ3v) is 3.90. The summed E-state index contributed by atoms with van der Waals surface area (Å²) in [6, 6.07) is 16.1. The number of alkyl halides is 1. The van der Waals surface area contributed by atoms with Gasteiger partial charge in [0.1, 0.15) is 11.3 Å². The van der Waals surface area contributed by atoms with Crippen LogP contribution >= 0.6 is 11.6 Å². The summed E-state index contributed by atoms with van der Waals surface area (Å²) in [5.74, 6) is 1.11. The quantitative estimate of drug-likeness (QED) is 0.686. The molecule has 0 unspecified atom stereocenters. The number of benzene rings is 2. The molecule has 0 aliphatic heterocycles. The number of nitrogens with zero attached hydrogens (tertiary/aromatic N) is 1. The van der Waals surface area contributed by atoms with Crippen LogP contribution in [0.2, 0.25) is 0 Å². The summed E-state index contributed by atoms with van der Waals surface area (Å²) in [5.41, 5.74) is 4.86. The highest BCUT2D eigenvalue weighted by Gasteiger charge is 2.10. The maximum atomic E-state index is 6.00. The molecular formula is C18H17ClN2O. The minimum Gasteiger partial charge on any atom is -0.494 e. The lowest BCUT2D eigenvalue weighted by atomic mass is 10.1. The molecule has 3 rings (SSSR count). The van der Waals surface area contributed by atoms with Gasteiger partial charge >= 0.3 is 0 Å². The van der Waals surface area contributed by atoms with E-state index in [2.05, 4.69) is 29.4 Å². The molecule has 0 fully saturated rings. The van der Waals surface area contributed by atoms with Gasteiger partial charge in [0.15, 0.2) is 0 Å². The molecule has 0 radical (unpaired) electrons. The fourth-order valence-electron chi connectivity index (χ4n) is 2.47. The van der Waals surface area contributed by atoms with Crippen molar-refractivity contribution in [1.82, 2.24) is 4.98 Å². The zero-order chi connectivity index (χ0) is 15.5. The lowest BCUT2D eigenvalue weighted by Gasteiger charge is -2.14. The third kappa shape index (κ3) is 2.72. The number of aromatic nitrogens is 1. The Kier molecular flexibility index (Phi) is 4.16. The molecule has 0 saturated heterocycles. The molecule has 0 bridgehead atoms. The summed E-state index contributed by atoms with van der Waals surface area (Å²) in [6.45, 7) is 2.08. The minimum atomic E-state index is 0.358. The highest BCUT2D eigenvalue weighted by Crippen LogP contribution is 2.32. The third-order valence-electron chi connectivity index (χ3n) is 3.63. The molecule has 3 nitrogen and oxygen atoms in total. The van der Waals surface area contributed by atoms with E-state index in [1.807, 2.05) is 36.4 Å². The number of aryl methyl sites for hydroxylation is 1. The summed E-state index contributed by atoms with van der Waals surface area (Å²) in [7, 11) is 1.65. The van der Waals surface area contributed by atoms with Crippen LogP contribution in [0.3, 0.4) is 0 Å². The van der Waals surface area contributed by atoms with Crippen LogP contribution in [0.4, 0.5) is 11.4 Å². The van der Waals surface area contributed by atoms with E-state index in [-0.39, 0.29) is 0 Å². The molecule has 0 atom stereocenters. The van der Waals surface area contributed by atoms with E-state index < -0.39 is 0 Å². The molecule has 4 heteroatoms. The minimum absolute atomic E-state index is 0.358. The Morgan fingerprint density at radius 1 is 1.09 bits per heavy atom. The Morgan fingerprint density at radius 2 is 1.91 bits per heavy atom. The van der Waals surface area contributed by atoms with Crippen molar-refractivity contribution in [2.45, 2.75) is 12.8 Å². The fourth-order valence-corrected chi connectivity index (χ4v) is 2.61. The van der Waals surface area contributed by atoms with E-state index in [9.17, 15) is 0 Å². The molecule has 1 heterocycles. The standard InChI is InChI=1S/C18H17ClN2O/c1-12-6-3-4-8-15(12)21-16-10-13(11-19)20-18-14(16)7-5-9-17(18)22-2/h3-10H,11H2,1-2H3,(H,20,21). The van der Waals surface area contributed by atoms with Gasteiger partial charge in [-0.25, -0.2) is 4.98 Å². The summed E-state index contributed by atoms with van der Waals surface area (Å²) < 4.78 is 5.42. The molecule has 0 saturated carbocycles. The first-order chi connectivity index (χ1) is 10.7. The average molecular weight is 313 g/mol. The molecular weight excluding hydrogens is 296 g/mol. The van der Waals surface area contributed by atoms with Crippen LogP contribution in [0.25, 0.3) is 10.9 Å². The Balaban J connectivity index is 2.18. The van der Waals surface area contributed by atoms with E-state index in [4.69, 9.17) is 16.3 Å². The molecule has 0 aliphatic rings. The van der Waals surface area contributed by atoms with Gasteiger partial charge < -0.3 is 10.1 Å². The average Bonchev–Trinajstić information content (AvgIpc) is 2.56. The normalized spacial score (nSPS) is 10.7. The van der Waals surface area contributed by atoms with Crippen molar-refractivity contribution in [2.75, 3.05) is 12.4 Å². The van der Waals surface area contributed by atoms with Crippen LogP contribution < -0.4 is 10.1 Å². The number of anilines is 2. The van der Waals surface area contributed by atoms with Gasteiger partial charge in [0.2, 0.25) is 0 Å². The largest absolute Gasteiger partial charge is 0.494 e. The van der Waals surface area contributed by atoms with E-state index >= 15 is 0 Å². The van der Waals surface area contributed by atoms with Gasteiger partial charge in [-0.15, -0.1) is 11.6 Å². The lowest BCUT2D eigenvalue weighted by Crippen LogP contribution is -1.98. The highest BCUT2D eigenvalue weighted by molar-refractivity contribution is 6.17. The van der Waals surface area contributed by atoms with Gasteiger partial charge in [0, 0.05) is 16.8 Å². The van der Waals surface area contributed by atoms with Crippen molar-refractivity contribution in [3.8, 4) is 5.75 Å². The number of methoxy groups -OCH3 is 1. The first-order valence-corrected chi connectivity index (χ1v) is 7.61. The molecule has 1 aromatic heterocycles. The summed E-state index contributed by atoms with van der Waals surface area (Å²) in [4.78, 5) is 4.59. The zero-order valence-corrected chi connectivity index (χ0v) is 13.3. The molecule has 1 N–H and O–H groups in total. The van der Waals surface area contributed by atoms with Gasteiger partial charge in [-0.1, -0.05) is 30.3 Å². The second kappa shape index (κ2) is 6.24. The van der Waals surface area contributed by atoms with Crippen molar-refractivity contribution in [3.63, 3.8) is 0 Å². The molecule has 112 valence electrons. The Labute approximate surface area is 134 Å². The first kappa shape index (κ1) is 14.7. The number of ether oxygens (including phenoxy) is 1. The molecule has 2 aromatic carbocycles. The van der Waals surface area contributed by atoms with Gasteiger partial charge in [-0.2, -0.15) is 0 Å². The van der Waals surface area contributed by atoms with Gasteiger partial charge in [-0.05, 0) is 30.7 Å². The number of fused-ring (bicyclic) bond motifs is 1. The van der Waals surface area contributed by atoms with Crippen LogP contribution in [0.5, 0.6) is 5.75 Å². The topological polar surface area (TPSA) is 34.1 Å². The smallest absolute Gasteiger partial charge is 0.145 e.